The number of hydrogen-bond acceptors (Lipinski definition) is 4. The summed E-state index contributed by atoms with van der Waals surface area (Å²) in [6, 6.07) is 8.58. The molecule has 2 N–H and O–H groups in total. The van der Waals surface area contributed by atoms with E-state index in [2.05, 4.69) is 34.4 Å². The van der Waals surface area contributed by atoms with Gasteiger partial charge in [0.15, 0.2) is 5.82 Å². The third-order valence-corrected chi connectivity index (χ3v) is 4.80. The zero-order chi connectivity index (χ0) is 13.6. The van der Waals surface area contributed by atoms with Crippen LogP contribution < -0.4 is 5.73 Å². The van der Waals surface area contributed by atoms with Crippen molar-refractivity contribution in [3.05, 3.63) is 47.1 Å². The second-order valence-electron chi connectivity index (χ2n) is 6.11. The summed E-state index contributed by atoms with van der Waals surface area (Å²) in [6.45, 7) is 0. The molecule has 0 aliphatic heterocycles. The minimum atomic E-state index is -0.337. The Hall–Kier alpha value is -1.39. The highest BCUT2D eigenvalue weighted by Gasteiger charge is 2.39. The summed E-state index contributed by atoms with van der Waals surface area (Å²) in [5.41, 5.74) is 8.69. The Morgan fingerprint density at radius 1 is 1.19 bits per heavy atom. The molecule has 2 aliphatic rings. The zero-order valence-electron chi connectivity index (χ0n) is 11.9. The van der Waals surface area contributed by atoms with Crippen molar-refractivity contribution in [2.75, 3.05) is 0 Å². The Kier molecular flexibility index (Phi) is 3.76. The molecule has 5 heteroatoms. The lowest BCUT2D eigenvalue weighted by Gasteiger charge is -2.34. The second-order valence-corrected chi connectivity index (χ2v) is 6.11. The zero-order valence-corrected chi connectivity index (χ0v) is 12.7. The molecule has 0 spiro atoms. The molecule has 1 saturated carbocycles. The maximum Gasteiger partial charge on any atom is 0.234 e. The first kappa shape index (κ1) is 14.5. The van der Waals surface area contributed by atoms with Gasteiger partial charge in [-0.25, -0.2) is 0 Å². The van der Waals surface area contributed by atoms with E-state index in [1.54, 1.807) is 0 Å². The van der Waals surface area contributed by atoms with Crippen LogP contribution in [0, 0.1) is 0 Å². The summed E-state index contributed by atoms with van der Waals surface area (Å²) in [4.78, 5) is 4.62. The van der Waals surface area contributed by atoms with Crippen molar-refractivity contribution in [1.29, 1.82) is 0 Å². The number of nitrogens with two attached hydrogens (primary N) is 1. The first-order valence-corrected chi connectivity index (χ1v) is 7.47. The summed E-state index contributed by atoms with van der Waals surface area (Å²) in [7, 11) is 0. The van der Waals surface area contributed by atoms with Gasteiger partial charge in [-0.15, -0.1) is 12.4 Å². The smallest absolute Gasteiger partial charge is 0.234 e. The maximum absolute atomic E-state index is 6.28. The lowest BCUT2D eigenvalue weighted by atomic mass is 9.77. The van der Waals surface area contributed by atoms with E-state index >= 15 is 0 Å². The highest BCUT2D eigenvalue weighted by atomic mass is 35.5. The number of fused-ring (bicyclic) bond motifs is 1. The van der Waals surface area contributed by atoms with Crippen molar-refractivity contribution in [2.45, 2.75) is 50.0 Å². The highest BCUT2D eigenvalue weighted by Crippen LogP contribution is 2.40. The van der Waals surface area contributed by atoms with Crippen LogP contribution in [0.2, 0.25) is 0 Å². The van der Waals surface area contributed by atoms with Crippen molar-refractivity contribution in [3.63, 3.8) is 0 Å². The highest BCUT2D eigenvalue weighted by molar-refractivity contribution is 5.85. The quantitative estimate of drug-likeness (QED) is 0.924. The van der Waals surface area contributed by atoms with E-state index in [-0.39, 0.29) is 23.9 Å². The van der Waals surface area contributed by atoms with Gasteiger partial charge in [-0.05, 0) is 49.7 Å². The molecule has 0 bridgehead atoms. The van der Waals surface area contributed by atoms with Crippen molar-refractivity contribution in [1.82, 2.24) is 10.1 Å². The molecule has 1 unspecified atom stereocenters. The number of nitrogens with zero attached hydrogens (tertiary/aromatic N) is 2. The number of hydrogen-bond donors (Lipinski definition) is 1. The monoisotopic (exact) mass is 305 g/mol. The van der Waals surface area contributed by atoms with Crippen LogP contribution in [0.25, 0.3) is 0 Å². The standard InChI is InChI=1S/C16H19N3O.ClH/c17-16(9-4-10-16)15-18-14(20-19-15)13-8-3-6-11-5-1-2-7-12(11)13;/h1-2,5,7,13H,3-4,6,8-10,17H2;1H. The van der Waals surface area contributed by atoms with Gasteiger partial charge >= 0.3 is 0 Å². The molecule has 1 aromatic carbocycles. The fraction of sp³-hybridized carbons (Fsp3) is 0.500. The first-order valence-electron chi connectivity index (χ1n) is 7.47. The van der Waals surface area contributed by atoms with E-state index in [1.165, 1.54) is 17.5 Å². The summed E-state index contributed by atoms with van der Waals surface area (Å²) < 4.78 is 5.54. The molecule has 4 rings (SSSR count). The van der Waals surface area contributed by atoms with Crippen molar-refractivity contribution < 1.29 is 4.52 Å². The van der Waals surface area contributed by atoms with Crippen LogP contribution in [0.4, 0.5) is 0 Å². The van der Waals surface area contributed by atoms with Crippen LogP contribution in [0.3, 0.4) is 0 Å². The summed E-state index contributed by atoms with van der Waals surface area (Å²) in [5.74, 6) is 1.68. The molecule has 1 atom stereocenters. The van der Waals surface area contributed by atoms with Crippen LogP contribution in [0.1, 0.15) is 60.9 Å². The Morgan fingerprint density at radius 3 is 2.76 bits per heavy atom. The van der Waals surface area contributed by atoms with Crippen molar-refractivity contribution in [3.8, 4) is 0 Å². The average Bonchev–Trinajstić information content (AvgIpc) is 2.94. The number of halogens is 1. The molecule has 0 radical (unpaired) electrons. The largest absolute Gasteiger partial charge is 0.339 e. The van der Waals surface area contributed by atoms with E-state index in [0.29, 0.717) is 5.82 Å². The number of aryl methyl sites for hydroxylation is 1. The molecule has 2 aromatic rings. The molecular weight excluding hydrogens is 286 g/mol. The van der Waals surface area contributed by atoms with Crippen molar-refractivity contribution in [2.24, 2.45) is 5.73 Å². The van der Waals surface area contributed by atoms with Crippen LogP contribution in [-0.2, 0) is 12.0 Å². The summed E-state index contributed by atoms with van der Waals surface area (Å²) in [6.07, 6.45) is 6.49. The fourth-order valence-corrected chi connectivity index (χ4v) is 3.37. The third kappa shape index (κ3) is 2.36. The van der Waals surface area contributed by atoms with Crippen LogP contribution >= 0.6 is 12.4 Å². The van der Waals surface area contributed by atoms with Crippen LogP contribution in [-0.4, -0.2) is 10.1 Å². The van der Waals surface area contributed by atoms with E-state index in [1.807, 2.05) is 0 Å². The van der Waals surface area contributed by atoms with Gasteiger partial charge in [0.2, 0.25) is 5.89 Å². The molecule has 0 saturated heterocycles. The van der Waals surface area contributed by atoms with Crippen LogP contribution in [0.15, 0.2) is 28.8 Å². The molecule has 2 aliphatic carbocycles. The molecule has 0 amide bonds. The van der Waals surface area contributed by atoms with Gasteiger partial charge in [0.05, 0.1) is 11.5 Å². The fourth-order valence-electron chi connectivity index (χ4n) is 3.37. The first-order chi connectivity index (χ1) is 9.76. The minimum absolute atomic E-state index is 0. The predicted molar refractivity (Wildman–Crippen MR) is 82.5 cm³/mol. The van der Waals surface area contributed by atoms with Gasteiger partial charge in [0, 0.05) is 0 Å². The summed E-state index contributed by atoms with van der Waals surface area (Å²) >= 11 is 0. The van der Waals surface area contributed by atoms with Crippen LogP contribution in [0.5, 0.6) is 0 Å². The van der Waals surface area contributed by atoms with Gasteiger partial charge in [0.1, 0.15) is 0 Å². The second kappa shape index (κ2) is 5.43. The Balaban J connectivity index is 0.00000132. The number of benzene rings is 1. The topological polar surface area (TPSA) is 64.9 Å². The lowest BCUT2D eigenvalue weighted by molar-refractivity contribution is 0.228. The molecule has 1 heterocycles. The van der Waals surface area contributed by atoms with E-state index in [9.17, 15) is 0 Å². The van der Waals surface area contributed by atoms with Gasteiger partial charge in [-0.3, -0.25) is 0 Å². The molecular formula is C16H20ClN3O. The van der Waals surface area contributed by atoms with Gasteiger partial charge < -0.3 is 10.3 Å². The third-order valence-electron chi connectivity index (χ3n) is 4.80. The minimum Gasteiger partial charge on any atom is -0.339 e. The SMILES string of the molecule is Cl.NC1(c2noc(C3CCCc4ccccc43)n2)CCC1. The predicted octanol–water partition coefficient (Wildman–Crippen LogP) is 3.30. The summed E-state index contributed by atoms with van der Waals surface area (Å²) in [5, 5.41) is 4.15. The Labute approximate surface area is 130 Å². The lowest BCUT2D eigenvalue weighted by Crippen LogP contribution is -2.44. The Bertz CT molecular complexity index is 636. The molecule has 21 heavy (non-hydrogen) atoms. The normalized spacial score (nSPS) is 22.8. The van der Waals surface area contributed by atoms with E-state index in [0.717, 1.165) is 38.0 Å². The molecule has 112 valence electrons. The van der Waals surface area contributed by atoms with Crippen molar-refractivity contribution >= 4 is 12.4 Å². The van der Waals surface area contributed by atoms with Gasteiger partial charge in [-0.1, -0.05) is 29.4 Å². The maximum atomic E-state index is 6.28. The molecule has 1 aromatic heterocycles. The number of rotatable bonds is 2. The van der Waals surface area contributed by atoms with Gasteiger partial charge in [0.25, 0.3) is 0 Å². The molecule has 1 fully saturated rings. The van der Waals surface area contributed by atoms with Gasteiger partial charge in [-0.2, -0.15) is 4.98 Å². The van der Waals surface area contributed by atoms with E-state index in [4.69, 9.17) is 10.3 Å². The number of aromatic nitrogens is 2. The Morgan fingerprint density at radius 2 is 2.00 bits per heavy atom. The average molecular weight is 306 g/mol. The van der Waals surface area contributed by atoms with E-state index < -0.39 is 0 Å². The molecule has 4 nitrogen and oxygen atoms in total.